The van der Waals surface area contributed by atoms with Crippen LogP contribution in [0.1, 0.15) is 66.2 Å². The summed E-state index contributed by atoms with van der Waals surface area (Å²) >= 11 is 0. The Kier molecular flexibility index (Phi) is 8.79. The molecule has 2 aromatic rings. The quantitative estimate of drug-likeness (QED) is 0.485. The summed E-state index contributed by atoms with van der Waals surface area (Å²) in [6, 6.07) is -0.253. The van der Waals surface area contributed by atoms with E-state index in [0.29, 0.717) is 44.0 Å². The van der Waals surface area contributed by atoms with E-state index in [2.05, 4.69) is 27.5 Å². The van der Waals surface area contributed by atoms with Gasteiger partial charge >= 0.3 is 18.0 Å². The lowest BCUT2D eigenvalue weighted by atomic mass is 9.91. The second-order valence-electron chi connectivity index (χ2n) is 12.6. The number of aliphatic imine (C=N–C) groups is 1. The Labute approximate surface area is 258 Å². The van der Waals surface area contributed by atoms with Gasteiger partial charge in [-0.2, -0.15) is 18.2 Å². The molecule has 45 heavy (non-hydrogen) atoms. The zero-order chi connectivity index (χ0) is 32.7. The Morgan fingerprint density at radius 1 is 1.13 bits per heavy atom. The van der Waals surface area contributed by atoms with E-state index in [1.165, 1.54) is 11.6 Å². The minimum Gasteiger partial charge on any atom is -0.444 e. The van der Waals surface area contributed by atoms with Crippen LogP contribution >= 0.6 is 0 Å². The molecular weight excluding hydrogens is 593 g/mol. The van der Waals surface area contributed by atoms with Crippen molar-refractivity contribution < 1.29 is 22.7 Å². The highest BCUT2D eigenvalue weighted by atomic mass is 19.4. The fraction of sp³-hybridized carbons (Fsp3) is 0.633. The molecule has 1 aliphatic carbocycles. The van der Waals surface area contributed by atoms with E-state index in [1.807, 2.05) is 4.90 Å². The van der Waals surface area contributed by atoms with Crippen molar-refractivity contribution in [3.8, 4) is 11.8 Å². The van der Waals surface area contributed by atoms with Gasteiger partial charge < -0.3 is 20.3 Å². The maximum absolute atomic E-state index is 14.0. The molecule has 1 amide bonds. The van der Waals surface area contributed by atoms with Gasteiger partial charge in [-0.3, -0.25) is 23.5 Å². The van der Waals surface area contributed by atoms with Crippen LogP contribution in [0, 0.1) is 11.8 Å². The number of rotatable bonds is 5. The topological polar surface area (TPSA) is 128 Å². The number of amides is 1. The summed E-state index contributed by atoms with van der Waals surface area (Å²) in [6.07, 6.45) is -2.83. The molecule has 2 N–H and O–H groups in total. The first-order valence-corrected chi connectivity index (χ1v) is 15.2. The van der Waals surface area contributed by atoms with Crippen LogP contribution in [0.3, 0.4) is 0 Å². The van der Waals surface area contributed by atoms with Gasteiger partial charge in [-0.15, -0.1) is 5.92 Å². The van der Waals surface area contributed by atoms with E-state index in [9.17, 15) is 27.6 Å². The molecule has 2 atom stereocenters. The SMILES string of the molecule is CC#CCn1c(N2CCC[C@@H](NC(=O)OC(C)(C)C)C2)nc2c1c(=O)n(CC1N=C(C(F)(F)F)C3=C(CCCC3)N1)c(=O)n2C. The van der Waals surface area contributed by atoms with E-state index in [0.717, 1.165) is 17.4 Å². The van der Waals surface area contributed by atoms with E-state index in [1.54, 1.807) is 32.3 Å². The van der Waals surface area contributed by atoms with Gasteiger partial charge in [0.2, 0.25) is 5.95 Å². The molecular formula is C30H39F3N8O4. The molecule has 1 unspecified atom stereocenters. The number of nitrogens with zero attached hydrogens (tertiary/aromatic N) is 6. The lowest BCUT2D eigenvalue weighted by Crippen LogP contribution is -2.49. The van der Waals surface area contributed by atoms with Crippen LogP contribution in [0.15, 0.2) is 25.9 Å². The molecule has 1 saturated heterocycles. The molecule has 0 spiro atoms. The second kappa shape index (κ2) is 12.3. The molecule has 0 bridgehead atoms. The highest BCUT2D eigenvalue weighted by molar-refractivity contribution is 6.05. The number of nitrogens with one attached hydrogen (secondary N) is 2. The van der Waals surface area contributed by atoms with Crippen LogP contribution in [0.25, 0.3) is 11.2 Å². The first kappa shape index (κ1) is 32.2. The van der Waals surface area contributed by atoms with Gasteiger partial charge in [-0.25, -0.2) is 9.59 Å². The molecule has 5 rings (SSSR count). The number of alkyl carbamates (subject to hydrolysis) is 1. The fourth-order valence-electron chi connectivity index (χ4n) is 6.12. The number of fused-ring (bicyclic) bond motifs is 1. The third kappa shape index (κ3) is 6.74. The standard InChI is InChI=1S/C30H39F3N8O4/c1-6-7-15-40-22-24(37-26(40)39-14-10-11-18(16-39)34-27(43)45-29(2,3)4)38(5)28(44)41(25(22)42)17-21-35-20-13-9-8-12-19(20)23(36-21)30(31,32)33/h18,21,35H,8-17H2,1-5H3,(H,34,43)/t18-,21?/m1/s1. The van der Waals surface area contributed by atoms with Gasteiger partial charge in [-0.1, -0.05) is 5.92 Å². The second-order valence-corrected chi connectivity index (χ2v) is 12.6. The zero-order valence-electron chi connectivity index (χ0n) is 26.2. The number of hydrogen-bond donors (Lipinski definition) is 2. The summed E-state index contributed by atoms with van der Waals surface area (Å²) in [6.45, 7) is 7.65. The number of hydrogen-bond acceptors (Lipinski definition) is 8. The number of aromatic nitrogens is 4. The summed E-state index contributed by atoms with van der Waals surface area (Å²) in [7, 11) is 1.47. The van der Waals surface area contributed by atoms with Crippen LogP contribution in [0.2, 0.25) is 0 Å². The van der Waals surface area contributed by atoms with Crippen molar-refractivity contribution in [2.24, 2.45) is 12.0 Å². The first-order chi connectivity index (χ1) is 21.2. The number of allylic oxidation sites excluding steroid dienone is 2. The average molecular weight is 633 g/mol. The summed E-state index contributed by atoms with van der Waals surface area (Å²) in [5.74, 6) is 6.19. The average Bonchev–Trinajstić information content (AvgIpc) is 3.35. The maximum atomic E-state index is 14.0. The highest BCUT2D eigenvalue weighted by Gasteiger charge is 2.42. The molecule has 4 heterocycles. The Morgan fingerprint density at radius 3 is 2.56 bits per heavy atom. The maximum Gasteiger partial charge on any atom is 0.433 e. The molecule has 12 nitrogen and oxygen atoms in total. The summed E-state index contributed by atoms with van der Waals surface area (Å²) in [4.78, 5) is 50.5. The largest absolute Gasteiger partial charge is 0.444 e. The van der Waals surface area contributed by atoms with Gasteiger partial charge in [0.1, 0.15) is 17.5 Å². The Balaban J connectivity index is 1.52. The van der Waals surface area contributed by atoms with Crippen molar-refractivity contribution in [2.45, 2.75) is 103 Å². The Morgan fingerprint density at radius 2 is 1.87 bits per heavy atom. The van der Waals surface area contributed by atoms with E-state index in [-0.39, 0.29) is 35.7 Å². The first-order valence-electron chi connectivity index (χ1n) is 15.2. The molecule has 2 aromatic heterocycles. The van der Waals surface area contributed by atoms with Crippen molar-refractivity contribution in [3.63, 3.8) is 0 Å². The van der Waals surface area contributed by atoms with Crippen LogP contribution in [-0.4, -0.2) is 67.6 Å². The van der Waals surface area contributed by atoms with Crippen molar-refractivity contribution in [3.05, 3.63) is 32.1 Å². The number of piperidine rings is 1. The molecule has 0 radical (unpaired) electrons. The minimum atomic E-state index is -4.66. The number of imidazole rings is 1. The van der Waals surface area contributed by atoms with Crippen molar-refractivity contribution in [2.75, 3.05) is 18.0 Å². The molecule has 1 fully saturated rings. The van der Waals surface area contributed by atoms with Gasteiger partial charge in [0.15, 0.2) is 11.2 Å². The minimum absolute atomic E-state index is 0.0880. The summed E-state index contributed by atoms with van der Waals surface area (Å²) in [5.41, 5.74) is -2.17. The predicted octanol–water partition coefficient (Wildman–Crippen LogP) is 3.17. The van der Waals surface area contributed by atoms with Crippen LogP contribution in [0.4, 0.5) is 23.9 Å². The lowest BCUT2D eigenvalue weighted by Gasteiger charge is -2.34. The van der Waals surface area contributed by atoms with Crippen LogP contribution in [-0.2, 0) is 24.9 Å². The summed E-state index contributed by atoms with van der Waals surface area (Å²) in [5, 5.41) is 5.95. The van der Waals surface area contributed by atoms with Gasteiger partial charge in [-0.05, 0) is 66.2 Å². The Bertz CT molecular complexity index is 1730. The van der Waals surface area contributed by atoms with Crippen LogP contribution in [0.5, 0.6) is 0 Å². The molecule has 0 saturated carbocycles. The number of ether oxygens (including phenoxy) is 1. The predicted molar refractivity (Wildman–Crippen MR) is 163 cm³/mol. The van der Waals surface area contributed by atoms with Crippen LogP contribution < -0.4 is 26.8 Å². The van der Waals surface area contributed by atoms with E-state index < -0.39 is 47.5 Å². The molecule has 0 aromatic carbocycles. The number of carbonyl (C=O) groups excluding carboxylic acids is 1. The van der Waals surface area contributed by atoms with E-state index >= 15 is 0 Å². The molecule has 244 valence electrons. The number of halogens is 3. The fourth-order valence-corrected chi connectivity index (χ4v) is 6.12. The number of alkyl halides is 3. The smallest absolute Gasteiger partial charge is 0.433 e. The normalized spacial score (nSPS) is 20.6. The highest BCUT2D eigenvalue weighted by Crippen LogP contribution is 2.34. The van der Waals surface area contributed by atoms with Crippen molar-refractivity contribution in [1.82, 2.24) is 29.3 Å². The number of anilines is 1. The lowest BCUT2D eigenvalue weighted by molar-refractivity contribution is -0.0593. The zero-order valence-corrected chi connectivity index (χ0v) is 26.2. The third-order valence-corrected chi connectivity index (χ3v) is 8.05. The van der Waals surface area contributed by atoms with Gasteiger partial charge in [0.25, 0.3) is 5.56 Å². The monoisotopic (exact) mass is 632 g/mol. The third-order valence-electron chi connectivity index (χ3n) is 8.05. The van der Waals surface area contributed by atoms with E-state index in [4.69, 9.17) is 9.72 Å². The number of aryl methyl sites for hydroxylation is 1. The molecule has 15 heteroatoms. The Hall–Kier alpha value is -4.22. The summed E-state index contributed by atoms with van der Waals surface area (Å²) < 4.78 is 51.1. The van der Waals surface area contributed by atoms with Gasteiger partial charge in [0, 0.05) is 37.4 Å². The van der Waals surface area contributed by atoms with Crippen molar-refractivity contribution >= 4 is 28.9 Å². The molecule has 2 aliphatic heterocycles. The van der Waals surface area contributed by atoms with Gasteiger partial charge in [0.05, 0.1) is 13.1 Å². The van der Waals surface area contributed by atoms with Crippen molar-refractivity contribution in [1.29, 1.82) is 0 Å². The number of carbonyl (C=O) groups is 1. The molecule has 3 aliphatic rings.